The molecule has 7 heteroatoms. The molecule has 0 radical (unpaired) electrons. The molecule has 1 fully saturated rings. The van der Waals surface area contributed by atoms with Crippen LogP contribution in [0.3, 0.4) is 0 Å². The lowest BCUT2D eigenvalue weighted by Gasteiger charge is -2.29. The molecular weight excluding hydrogens is 295 g/mol. The lowest BCUT2D eigenvalue weighted by Crippen LogP contribution is -2.43. The van der Waals surface area contributed by atoms with Crippen LogP contribution in [0.4, 0.5) is 4.39 Å². The molecule has 1 aliphatic carbocycles. The molecule has 2 rings (SSSR count). The Labute approximate surface area is 124 Å². The Morgan fingerprint density at radius 1 is 1.10 bits per heavy atom. The van der Waals surface area contributed by atoms with Gasteiger partial charge in [-0.3, -0.25) is 4.79 Å². The quantitative estimate of drug-likeness (QED) is 0.882. The van der Waals surface area contributed by atoms with Crippen molar-refractivity contribution < 1.29 is 17.6 Å². The molecule has 0 unspecified atom stereocenters. The Morgan fingerprint density at radius 2 is 1.62 bits per heavy atom. The van der Waals surface area contributed by atoms with Crippen LogP contribution in [0.25, 0.3) is 0 Å². The zero-order chi connectivity index (χ0) is 15.5. The number of hydrogen-bond acceptors (Lipinski definition) is 3. The monoisotopic (exact) mass is 314 g/mol. The average Bonchev–Trinajstić information content (AvgIpc) is 2.40. The average molecular weight is 314 g/mol. The van der Waals surface area contributed by atoms with Crippen LogP contribution < -0.4 is 10.0 Å². The Hall–Kier alpha value is -1.47. The van der Waals surface area contributed by atoms with E-state index in [1.54, 1.807) is 0 Å². The first kappa shape index (κ1) is 15.9. The Balaban J connectivity index is 1.83. The van der Waals surface area contributed by atoms with Crippen LogP contribution in [0, 0.1) is 5.82 Å². The van der Waals surface area contributed by atoms with Crippen molar-refractivity contribution in [2.45, 2.75) is 37.8 Å². The van der Waals surface area contributed by atoms with Crippen molar-refractivity contribution in [3.63, 3.8) is 0 Å². The van der Waals surface area contributed by atoms with Crippen LogP contribution in [0.5, 0.6) is 0 Å². The summed E-state index contributed by atoms with van der Waals surface area (Å²) in [6.07, 6.45) is 3.98. The molecule has 1 aromatic carbocycles. The number of hydrogen-bond donors (Lipinski definition) is 2. The summed E-state index contributed by atoms with van der Waals surface area (Å²) in [5.74, 6) is -0.603. The molecule has 0 spiro atoms. The second kappa shape index (κ2) is 6.53. The largest absolute Gasteiger partial charge is 0.349 e. The van der Waals surface area contributed by atoms with E-state index in [2.05, 4.69) is 10.0 Å². The third-order valence-corrected chi connectivity index (χ3v) is 4.31. The standard InChI is InChI=1S/C14H19FN2O3S/c1-21(19,20)17-13-8-6-12(7-9-13)16-14(18)10-2-4-11(15)5-3-10/h2-5,12-13,17H,6-9H2,1H3,(H,16,18). The summed E-state index contributed by atoms with van der Waals surface area (Å²) in [4.78, 5) is 12.0. The van der Waals surface area contributed by atoms with Crippen LogP contribution in [-0.2, 0) is 10.0 Å². The first-order valence-electron chi connectivity index (χ1n) is 6.87. The molecule has 21 heavy (non-hydrogen) atoms. The van der Waals surface area contributed by atoms with Gasteiger partial charge >= 0.3 is 0 Å². The first-order chi connectivity index (χ1) is 9.83. The number of rotatable bonds is 4. The zero-order valence-electron chi connectivity index (χ0n) is 11.8. The maximum Gasteiger partial charge on any atom is 0.251 e. The van der Waals surface area contributed by atoms with Crippen molar-refractivity contribution >= 4 is 15.9 Å². The fraction of sp³-hybridized carbons (Fsp3) is 0.500. The summed E-state index contributed by atoms with van der Waals surface area (Å²) < 4.78 is 37.7. The zero-order valence-corrected chi connectivity index (χ0v) is 12.6. The fourth-order valence-electron chi connectivity index (χ4n) is 2.53. The minimum absolute atomic E-state index is 0.0279. The maximum atomic E-state index is 12.8. The predicted molar refractivity (Wildman–Crippen MR) is 77.9 cm³/mol. The molecule has 1 aliphatic rings. The smallest absolute Gasteiger partial charge is 0.251 e. The van der Waals surface area contributed by atoms with Crippen molar-refractivity contribution in [1.82, 2.24) is 10.0 Å². The lowest BCUT2D eigenvalue weighted by atomic mass is 9.91. The van der Waals surface area contributed by atoms with Crippen molar-refractivity contribution in [3.8, 4) is 0 Å². The molecule has 1 amide bonds. The second-order valence-corrected chi connectivity index (χ2v) is 7.20. The molecule has 0 atom stereocenters. The minimum Gasteiger partial charge on any atom is -0.349 e. The van der Waals surface area contributed by atoms with Gasteiger partial charge in [-0.1, -0.05) is 0 Å². The topological polar surface area (TPSA) is 75.3 Å². The highest BCUT2D eigenvalue weighted by Crippen LogP contribution is 2.19. The summed E-state index contributed by atoms with van der Waals surface area (Å²) in [6.45, 7) is 0. The van der Waals surface area contributed by atoms with E-state index in [1.807, 2.05) is 0 Å². The summed E-state index contributed by atoms with van der Waals surface area (Å²) in [5, 5.41) is 2.90. The van der Waals surface area contributed by atoms with E-state index in [4.69, 9.17) is 0 Å². The van der Waals surface area contributed by atoms with Gasteiger partial charge in [0.25, 0.3) is 5.91 Å². The fourth-order valence-corrected chi connectivity index (χ4v) is 3.37. The van der Waals surface area contributed by atoms with Gasteiger partial charge in [-0.15, -0.1) is 0 Å². The molecule has 5 nitrogen and oxygen atoms in total. The molecule has 0 heterocycles. The van der Waals surface area contributed by atoms with Gasteiger partial charge in [0.05, 0.1) is 6.26 Å². The molecule has 0 aromatic heterocycles. The molecule has 0 bridgehead atoms. The number of halogens is 1. The number of benzene rings is 1. The Morgan fingerprint density at radius 3 is 2.14 bits per heavy atom. The van der Waals surface area contributed by atoms with Gasteiger partial charge < -0.3 is 5.32 Å². The van der Waals surface area contributed by atoms with Crippen LogP contribution in [-0.4, -0.2) is 32.7 Å². The van der Waals surface area contributed by atoms with Crippen LogP contribution in [0.15, 0.2) is 24.3 Å². The normalized spacial score (nSPS) is 22.8. The van der Waals surface area contributed by atoms with Gasteiger partial charge in [-0.2, -0.15) is 0 Å². The van der Waals surface area contributed by atoms with Crippen molar-refractivity contribution in [1.29, 1.82) is 0 Å². The van der Waals surface area contributed by atoms with E-state index in [1.165, 1.54) is 24.3 Å². The van der Waals surface area contributed by atoms with Gasteiger partial charge in [0.1, 0.15) is 5.82 Å². The van der Waals surface area contributed by atoms with Gasteiger partial charge in [0, 0.05) is 17.6 Å². The molecular formula is C14H19FN2O3S. The van der Waals surface area contributed by atoms with Crippen LogP contribution in [0.1, 0.15) is 36.0 Å². The van der Waals surface area contributed by atoms with Gasteiger partial charge in [-0.25, -0.2) is 17.5 Å². The molecule has 0 aliphatic heterocycles. The molecule has 0 saturated heterocycles. The molecule has 2 N–H and O–H groups in total. The maximum absolute atomic E-state index is 12.8. The SMILES string of the molecule is CS(=O)(=O)NC1CCC(NC(=O)c2ccc(F)cc2)CC1. The number of carbonyl (C=O) groups is 1. The Kier molecular flexibility index (Phi) is 4.95. The second-order valence-electron chi connectivity index (χ2n) is 5.42. The molecule has 116 valence electrons. The molecule has 1 saturated carbocycles. The van der Waals surface area contributed by atoms with Crippen molar-refractivity contribution in [2.24, 2.45) is 0 Å². The van der Waals surface area contributed by atoms with E-state index in [-0.39, 0.29) is 23.8 Å². The van der Waals surface area contributed by atoms with E-state index in [0.717, 1.165) is 19.1 Å². The summed E-state index contributed by atoms with van der Waals surface area (Å²) >= 11 is 0. The first-order valence-corrected chi connectivity index (χ1v) is 8.76. The molecule has 1 aromatic rings. The Bertz CT molecular complexity index is 593. The number of sulfonamides is 1. The van der Waals surface area contributed by atoms with Gasteiger partial charge in [-0.05, 0) is 49.9 Å². The summed E-state index contributed by atoms with van der Waals surface area (Å²) in [5.41, 5.74) is 0.424. The highest BCUT2D eigenvalue weighted by molar-refractivity contribution is 7.88. The van der Waals surface area contributed by atoms with Crippen molar-refractivity contribution in [3.05, 3.63) is 35.6 Å². The highest BCUT2D eigenvalue weighted by atomic mass is 32.2. The predicted octanol–water partition coefficient (Wildman–Crippen LogP) is 1.42. The van der Waals surface area contributed by atoms with E-state index in [9.17, 15) is 17.6 Å². The third-order valence-electron chi connectivity index (χ3n) is 3.55. The van der Waals surface area contributed by atoms with Crippen LogP contribution >= 0.6 is 0 Å². The highest BCUT2D eigenvalue weighted by Gasteiger charge is 2.24. The van der Waals surface area contributed by atoms with Gasteiger partial charge in [0.15, 0.2) is 0 Å². The van der Waals surface area contributed by atoms with E-state index < -0.39 is 10.0 Å². The summed E-state index contributed by atoms with van der Waals surface area (Å²) in [6, 6.07) is 5.37. The van der Waals surface area contributed by atoms with E-state index in [0.29, 0.717) is 18.4 Å². The number of nitrogens with one attached hydrogen (secondary N) is 2. The number of carbonyl (C=O) groups excluding carboxylic acids is 1. The van der Waals surface area contributed by atoms with E-state index >= 15 is 0 Å². The van der Waals surface area contributed by atoms with Crippen LogP contribution in [0.2, 0.25) is 0 Å². The van der Waals surface area contributed by atoms with Crippen molar-refractivity contribution in [2.75, 3.05) is 6.26 Å². The minimum atomic E-state index is -3.18. The summed E-state index contributed by atoms with van der Waals surface area (Å²) in [7, 11) is -3.18. The number of amides is 1. The lowest BCUT2D eigenvalue weighted by molar-refractivity contribution is 0.0925. The third kappa shape index (κ3) is 5.09. The van der Waals surface area contributed by atoms with Gasteiger partial charge in [0.2, 0.25) is 10.0 Å².